The first kappa shape index (κ1) is 11.4. The third-order valence-electron chi connectivity index (χ3n) is 4.46. The Hall–Kier alpha value is -0.120. The Morgan fingerprint density at radius 1 is 1.47 bits per heavy atom. The van der Waals surface area contributed by atoms with Crippen molar-refractivity contribution in [3.63, 3.8) is 0 Å². The molecule has 1 aliphatic carbocycles. The zero-order valence-electron chi connectivity index (χ0n) is 10.0. The Labute approximate surface area is 93.0 Å². The van der Waals surface area contributed by atoms with E-state index in [1.54, 1.807) is 0 Å². The molecule has 0 bridgehead atoms. The van der Waals surface area contributed by atoms with Crippen LogP contribution in [0.15, 0.2) is 0 Å². The van der Waals surface area contributed by atoms with Crippen molar-refractivity contribution in [3.05, 3.63) is 0 Å². The number of hydrogen-bond acceptors (Lipinski definition) is 3. The number of ether oxygens (including phenoxy) is 1. The highest BCUT2D eigenvalue weighted by molar-refractivity contribution is 5.02. The topological polar surface area (TPSA) is 38.5 Å². The lowest BCUT2D eigenvalue weighted by Crippen LogP contribution is -2.62. The van der Waals surface area contributed by atoms with Gasteiger partial charge in [-0.05, 0) is 25.7 Å². The summed E-state index contributed by atoms with van der Waals surface area (Å²) in [5, 5.41) is 0. The van der Waals surface area contributed by atoms with E-state index in [9.17, 15) is 0 Å². The summed E-state index contributed by atoms with van der Waals surface area (Å²) in [6.45, 7) is 8.23. The summed E-state index contributed by atoms with van der Waals surface area (Å²) in [5.41, 5.74) is 6.34. The van der Waals surface area contributed by atoms with E-state index in [0.717, 1.165) is 32.2 Å². The van der Waals surface area contributed by atoms with E-state index in [4.69, 9.17) is 10.5 Å². The predicted molar refractivity (Wildman–Crippen MR) is 61.8 cm³/mol. The van der Waals surface area contributed by atoms with Crippen LogP contribution in [0.3, 0.4) is 0 Å². The highest BCUT2D eigenvalue weighted by Gasteiger charge is 2.46. The van der Waals surface area contributed by atoms with Gasteiger partial charge in [0.05, 0.1) is 13.2 Å². The van der Waals surface area contributed by atoms with Gasteiger partial charge in [-0.3, -0.25) is 4.90 Å². The van der Waals surface area contributed by atoms with E-state index < -0.39 is 0 Å². The summed E-state index contributed by atoms with van der Waals surface area (Å²) in [6.07, 6.45) is 3.94. The summed E-state index contributed by atoms with van der Waals surface area (Å²) < 4.78 is 5.51. The molecule has 0 radical (unpaired) electrons. The van der Waals surface area contributed by atoms with Gasteiger partial charge in [-0.1, -0.05) is 13.3 Å². The summed E-state index contributed by atoms with van der Waals surface area (Å²) in [4.78, 5) is 2.62. The van der Waals surface area contributed by atoms with Crippen LogP contribution < -0.4 is 5.73 Å². The van der Waals surface area contributed by atoms with Crippen molar-refractivity contribution in [2.75, 3.05) is 26.3 Å². The van der Waals surface area contributed by atoms with Crippen LogP contribution in [-0.4, -0.2) is 42.8 Å². The lowest BCUT2D eigenvalue weighted by Gasteiger charge is -2.49. The average Bonchev–Trinajstić information content (AvgIpc) is 2.61. The van der Waals surface area contributed by atoms with Gasteiger partial charge in [0, 0.05) is 24.7 Å². The fraction of sp³-hybridized carbons (Fsp3) is 1.00. The zero-order valence-corrected chi connectivity index (χ0v) is 10.0. The van der Waals surface area contributed by atoms with Crippen LogP contribution in [0.4, 0.5) is 0 Å². The van der Waals surface area contributed by atoms with Crippen LogP contribution in [0, 0.1) is 5.92 Å². The number of nitrogens with two attached hydrogens (primary N) is 1. The molecule has 0 aromatic carbocycles. The molecule has 0 aromatic rings. The molecule has 15 heavy (non-hydrogen) atoms. The minimum absolute atomic E-state index is 0.267. The number of nitrogens with zero attached hydrogens (tertiary/aromatic N) is 1. The Balaban J connectivity index is 2.16. The Bertz CT molecular complexity index is 222. The van der Waals surface area contributed by atoms with Crippen molar-refractivity contribution in [3.8, 4) is 0 Å². The fourth-order valence-corrected chi connectivity index (χ4v) is 3.47. The lowest BCUT2D eigenvalue weighted by atomic mass is 9.85. The molecule has 0 amide bonds. The second-order valence-corrected chi connectivity index (χ2v) is 5.22. The van der Waals surface area contributed by atoms with Gasteiger partial charge < -0.3 is 10.5 Å². The predicted octanol–water partition coefficient (Wildman–Crippen LogP) is 1.22. The maximum atomic E-state index is 6.07. The first-order valence-corrected chi connectivity index (χ1v) is 6.25. The molecule has 1 saturated carbocycles. The summed E-state index contributed by atoms with van der Waals surface area (Å²) in [5.74, 6) is 0.739. The molecule has 0 spiro atoms. The Morgan fingerprint density at radius 3 is 2.80 bits per heavy atom. The van der Waals surface area contributed by atoms with Crippen LogP contribution in [0.2, 0.25) is 0 Å². The smallest absolute Gasteiger partial charge is 0.0620 e. The molecule has 0 aromatic heterocycles. The van der Waals surface area contributed by atoms with Gasteiger partial charge in [-0.15, -0.1) is 0 Å². The Kier molecular flexibility index (Phi) is 3.33. The maximum absolute atomic E-state index is 6.07. The van der Waals surface area contributed by atoms with Crippen molar-refractivity contribution in [1.29, 1.82) is 0 Å². The van der Waals surface area contributed by atoms with Gasteiger partial charge in [-0.2, -0.15) is 0 Å². The summed E-state index contributed by atoms with van der Waals surface area (Å²) in [6, 6.07) is 0.530. The molecule has 88 valence electrons. The van der Waals surface area contributed by atoms with Crippen LogP contribution in [0.5, 0.6) is 0 Å². The normalized spacial score (nSPS) is 43.4. The highest BCUT2D eigenvalue weighted by atomic mass is 16.5. The van der Waals surface area contributed by atoms with Crippen LogP contribution >= 0.6 is 0 Å². The van der Waals surface area contributed by atoms with E-state index in [1.807, 2.05) is 0 Å². The van der Waals surface area contributed by atoms with Crippen molar-refractivity contribution in [2.45, 2.75) is 44.7 Å². The molecular formula is C12H24N2O. The van der Waals surface area contributed by atoms with Gasteiger partial charge >= 0.3 is 0 Å². The highest BCUT2D eigenvalue weighted by Crippen LogP contribution is 2.41. The molecule has 2 N–H and O–H groups in total. The largest absolute Gasteiger partial charge is 0.379 e. The third kappa shape index (κ3) is 1.81. The first-order valence-electron chi connectivity index (χ1n) is 6.25. The second kappa shape index (κ2) is 4.40. The molecular weight excluding hydrogens is 188 g/mol. The van der Waals surface area contributed by atoms with Gasteiger partial charge in [-0.25, -0.2) is 0 Å². The minimum Gasteiger partial charge on any atom is -0.379 e. The van der Waals surface area contributed by atoms with Crippen molar-refractivity contribution in [2.24, 2.45) is 11.7 Å². The van der Waals surface area contributed by atoms with Gasteiger partial charge in [0.1, 0.15) is 0 Å². The fourth-order valence-electron chi connectivity index (χ4n) is 3.47. The average molecular weight is 212 g/mol. The minimum atomic E-state index is 0.267. The molecule has 2 fully saturated rings. The van der Waals surface area contributed by atoms with E-state index in [-0.39, 0.29) is 5.54 Å². The monoisotopic (exact) mass is 212 g/mol. The molecule has 1 heterocycles. The SMILES string of the molecule is CC1COCCN1C1(CN)CCCC1C. The van der Waals surface area contributed by atoms with Crippen LogP contribution in [0.1, 0.15) is 33.1 Å². The maximum Gasteiger partial charge on any atom is 0.0620 e. The number of rotatable bonds is 2. The number of morpholine rings is 1. The van der Waals surface area contributed by atoms with E-state index >= 15 is 0 Å². The second-order valence-electron chi connectivity index (χ2n) is 5.22. The van der Waals surface area contributed by atoms with E-state index in [0.29, 0.717) is 6.04 Å². The standard InChI is InChI=1S/C12H24N2O/c1-10-4-3-5-12(10,9-13)14-6-7-15-8-11(14)2/h10-11H,3-9,13H2,1-2H3. The van der Waals surface area contributed by atoms with Crippen LogP contribution in [-0.2, 0) is 4.74 Å². The van der Waals surface area contributed by atoms with Crippen molar-refractivity contribution >= 4 is 0 Å². The van der Waals surface area contributed by atoms with Crippen molar-refractivity contribution in [1.82, 2.24) is 4.90 Å². The molecule has 3 unspecified atom stereocenters. The quantitative estimate of drug-likeness (QED) is 0.748. The Morgan fingerprint density at radius 2 is 2.27 bits per heavy atom. The van der Waals surface area contributed by atoms with Gasteiger partial charge in [0.2, 0.25) is 0 Å². The molecule has 3 atom stereocenters. The summed E-state index contributed by atoms with van der Waals surface area (Å²) in [7, 11) is 0. The molecule has 3 heteroatoms. The lowest BCUT2D eigenvalue weighted by molar-refractivity contribution is -0.0674. The van der Waals surface area contributed by atoms with Crippen LogP contribution in [0.25, 0.3) is 0 Å². The first-order chi connectivity index (χ1) is 7.20. The molecule has 1 saturated heterocycles. The molecule has 3 nitrogen and oxygen atoms in total. The molecule has 2 rings (SSSR count). The zero-order chi connectivity index (χ0) is 10.9. The van der Waals surface area contributed by atoms with Crippen molar-refractivity contribution < 1.29 is 4.74 Å². The van der Waals surface area contributed by atoms with Gasteiger partial charge in [0.15, 0.2) is 0 Å². The van der Waals surface area contributed by atoms with E-state index in [1.165, 1.54) is 19.3 Å². The van der Waals surface area contributed by atoms with E-state index in [2.05, 4.69) is 18.7 Å². The van der Waals surface area contributed by atoms with Gasteiger partial charge in [0.25, 0.3) is 0 Å². The molecule has 1 aliphatic heterocycles. The summed E-state index contributed by atoms with van der Waals surface area (Å²) >= 11 is 0. The third-order valence-corrected chi connectivity index (χ3v) is 4.46. The molecule has 2 aliphatic rings. The number of hydrogen-bond donors (Lipinski definition) is 1.